The fraction of sp³-hybridized carbons (Fsp3) is 0.562. The van der Waals surface area contributed by atoms with Crippen molar-refractivity contribution >= 4 is 11.7 Å². The van der Waals surface area contributed by atoms with Crippen molar-refractivity contribution in [2.45, 2.75) is 31.7 Å². The van der Waals surface area contributed by atoms with Crippen LogP contribution in [-0.4, -0.2) is 43.2 Å². The predicted octanol–water partition coefficient (Wildman–Crippen LogP) is -1.63. The molecule has 0 unspecified atom stereocenters. The quantitative estimate of drug-likeness (QED) is 0.676. The third kappa shape index (κ3) is 4.11. The van der Waals surface area contributed by atoms with Crippen LogP contribution in [-0.2, 0) is 0 Å². The molecule has 2 amide bonds. The lowest BCUT2D eigenvalue weighted by molar-refractivity contribution is -0.928. The fourth-order valence-corrected chi connectivity index (χ4v) is 3.46. The molecule has 0 aromatic heterocycles. The van der Waals surface area contributed by atoms with Gasteiger partial charge in [0.05, 0.1) is 32.2 Å². The Balaban J connectivity index is 0.00000161. The van der Waals surface area contributed by atoms with Crippen molar-refractivity contribution in [2.75, 3.05) is 31.5 Å². The molecule has 1 aromatic carbocycles. The maximum Gasteiger partial charge on any atom is 0.322 e. The van der Waals surface area contributed by atoms with Crippen LogP contribution in [0.2, 0.25) is 0 Å². The van der Waals surface area contributed by atoms with E-state index < -0.39 is 0 Å². The number of nitrogens with zero attached hydrogens (tertiary/aromatic N) is 1. The predicted molar refractivity (Wildman–Crippen MR) is 80.0 cm³/mol. The van der Waals surface area contributed by atoms with E-state index in [0.29, 0.717) is 0 Å². The standard InChI is InChI=1S/C16H23N3O.ClH/c20-16(17-14-6-2-1-3-7-14)19-12-10-18(11-13-19)15-8-4-5-9-15;/h1-3,6-7,15H,4-5,8-13H2,(H,17,20);1H. The molecule has 21 heavy (non-hydrogen) atoms. The molecule has 1 saturated carbocycles. The highest BCUT2D eigenvalue weighted by molar-refractivity contribution is 5.89. The SMILES string of the molecule is O=C(Nc1ccccc1)N1CC[NH+](C2CCCC2)CC1.[Cl-]. The summed E-state index contributed by atoms with van der Waals surface area (Å²) in [7, 11) is 0. The monoisotopic (exact) mass is 309 g/mol. The summed E-state index contributed by atoms with van der Waals surface area (Å²) in [5.74, 6) is 0. The Hall–Kier alpha value is -1.26. The largest absolute Gasteiger partial charge is 1.00 e. The Morgan fingerprint density at radius 2 is 1.71 bits per heavy atom. The van der Waals surface area contributed by atoms with Crippen LogP contribution in [0.5, 0.6) is 0 Å². The van der Waals surface area contributed by atoms with Crippen molar-refractivity contribution in [3.8, 4) is 0 Å². The van der Waals surface area contributed by atoms with Crippen LogP contribution in [0.15, 0.2) is 30.3 Å². The number of rotatable bonds is 2. The molecule has 5 heteroatoms. The van der Waals surface area contributed by atoms with Gasteiger partial charge in [-0.3, -0.25) is 0 Å². The van der Waals surface area contributed by atoms with Gasteiger partial charge in [0.25, 0.3) is 0 Å². The lowest BCUT2D eigenvalue weighted by Gasteiger charge is -2.35. The number of hydrogen-bond donors (Lipinski definition) is 2. The normalized spacial score (nSPS) is 20.1. The van der Waals surface area contributed by atoms with Crippen LogP contribution < -0.4 is 22.6 Å². The van der Waals surface area contributed by atoms with E-state index in [9.17, 15) is 4.79 Å². The van der Waals surface area contributed by atoms with E-state index in [1.165, 1.54) is 25.7 Å². The van der Waals surface area contributed by atoms with Gasteiger partial charge in [-0.2, -0.15) is 0 Å². The minimum atomic E-state index is 0. The summed E-state index contributed by atoms with van der Waals surface area (Å²) in [6.45, 7) is 3.97. The van der Waals surface area contributed by atoms with Crippen LogP contribution in [0.25, 0.3) is 0 Å². The second-order valence-electron chi connectivity index (χ2n) is 5.92. The fourth-order valence-electron chi connectivity index (χ4n) is 3.46. The highest BCUT2D eigenvalue weighted by Crippen LogP contribution is 2.15. The molecule has 1 aromatic rings. The molecular weight excluding hydrogens is 286 g/mol. The third-order valence-electron chi connectivity index (χ3n) is 4.65. The van der Waals surface area contributed by atoms with Gasteiger partial charge >= 0.3 is 6.03 Å². The van der Waals surface area contributed by atoms with Gasteiger partial charge in [-0.1, -0.05) is 18.2 Å². The van der Waals surface area contributed by atoms with Crippen molar-refractivity contribution in [2.24, 2.45) is 0 Å². The van der Waals surface area contributed by atoms with Crippen LogP contribution in [0.4, 0.5) is 10.5 Å². The van der Waals surface area contributed by atoms with Gasteiger partial charge in [0.2, 0.25) is 0 Å². The molecule has 2 N–H and O–H groups in total. The molecule has 0 bridgehead atoms. The van der Waals surface area contributed by atoms with Crippen LogP contribution in [0.1, 0.15) is 25.7 Å². The average Bonchev–Trinajstić information content (AvgIpc) is 3.03. The van der Waals surface area contributed by atoms with Crippen LogP contribution in [0.3, 0.4) is 0 Å². The molecule has 0 spiro atoms. The Morgan fingerprint density at radius 3 is 2.33 bits per heavy atom. The zero-order valence-corrected chi connectivity index (χ0v) is 13.1. The number of amides is 2. The Bertz CT molecular complexity index is 440. The number of hydrogen-bond acceptors (Lipinski definition) is 1. The van der Waals surface area contributed by atoms with Crippen LogP contribution >= 0.6 is 0 Å². The smallest absolute Gasteiger partial charge is 0.322 e. The van der Waals surface area contributed by atoms with Gasteiger partial charge < -0.3 is 27.5 Å². The molecule has 4 nitrogen and oxygen atoms in total. The van der Waals surface area contributed by atoms with E-state index in [0.717, 1.165) is 37.9 Å². The lowest BCUT2D eigenvalue weighted by atomic mass is 10.2. The zero-order chi connectivity index (χ0) is 13.8. The summed E-state index contributed by atoms with van der Waals surface area (Å²) in [5, 5.41) is 2.97. The summed E-state index contributed by atoms with van der Waals surface area (Å²) in [5.41, 5.74) is 0.878. The Kier molecular flexibility index (Phi) is 5.88. The van der Waals surface area contributed by atoms with Gasteiger partial charge in [0.1, 0.15) is 0 Å². The first-order valence-electron chi connectivity index (χ1n) is 7.78. The summed E-state index contributed by atoms with van der Waals surface area (Å²) in [6.07, 6.45) is 5.55. The number of urea groups is 1. The number of piperazine rings is 1. The van der Waals surface area contributed by atoms with E-state index in [4.69, 9.17) is 0 Å². The Morgan fingerprint density at radius 1 is 1.10 bits per heavy atom. The maximum absolute atomic E-state index is 12.2. The molecule has 1 aliphatic heterocycles. The first-order chi connectivity index (χ1) is 9.83. The van der Waals surface area contributed by atoms with E-state index in [1.807, 2.05) is 35.2 Å². The number of anilines is 1. The maximum atomic E-state index is 12.2. The molecule has 1 saturated heterocycles. The highest BCUT2D eigenvalue weighted by atomic mass is 35.5. The lowest BCUT2D eigenvalue weighted by Crippen LogP contribution is -3.18. The van der Waals surface area contributed by atoms with Gasteiger partial charge in [-0.15, -0.1) is 0 Å². The number of benzene rings is 1. The molecule has 0 radical (unpaired) electrons. The van der Waals surface area contributed by atoms with Crippen LogP contribution in [0, 0.1) is 0 Å². The molecule has 3 rings (SSSR count). The molecule has 1 heterocycles. The number of halogens is 1. The number of nitrogens with one attached hydrogen (secondary N) is 2. The summed E-state index contributed by atoms with van der Waals surface area (Å²) in [6, 6.07) is 10.6. The minimum Gasteiger partial charge on any atom is -1.00 e. The van der Waals surface area contributed by atoms with Gasteiger partial charge in [-0.25, -0.2) is 4.79 Å². The highest BCUT2D eigenvalue weighted by Gasteiger charge is 2.30. The molecule has 116 valence electrons. The van der Waals surface area contributed by atoms with E-state index in [-0.39, 0.29) is 18.4 Å². The van der Waals surface area contributed by atoms with E-state index in [1.54, 1.807) is 4.90 Å². The molecule has 0 atom stereocenters. The van der Waals surface area contributed by atoms with Crippen molar-refractivity contribution < 1.29 is 22.1 Å². The summed E-state index contributed by atoms with van der Waals surface area (Å²) < 4.78 is 0. The number of quaternary nitrogens is 1. The van der Waals surface area contributed by atoms with E-state index in [2.05, 4.69) is 5.32 Å². The van der Waals surface area contributed by atoms with Gasteiger partial charge in [-0.05, 0) is 37.8 Å². The van der Waals surface area contributed by atoms with Gasteiger partial charge in [0, 0.05) is 5.69 Å². The number of para-hydroxylation sites is 1. The molecule has 2 aliphatic rings. The van der Waals surface area contributed by atoms with E-state index >= 15 is 0 Å². The third-order valence-corrected chi connectivity index (χ3v) is 4.65. The van der Waals surface area contributed by atoms with Gasteiger partial charge in [0.15, 0.2) is 0 Å². The second kappa shape index (κ2) is 7.66. The molecular formula is C16H24ClN3O. The molecule has 2 fully saturated rings. The number of carbonyl (C=O) groups excluding carboxylic acids is 1. The first-order valence-corrected chi connectivity index (χ1v) is 7.78. The van der Waals surface area contributed by atoms with Crippen molar-refractivity contribution in [1.82, 2.24) is 4.90 Å². The second-order valence-corrected chi connectivity index (χ2v) is 5.92. The van der Waals surface area contributed by atoms with Crippen molar-refractivity contribution in [3.63, 3.8) is 0 Å². The van der Waals surface area contributed by atoms with Crippen molar-refractivity contribution in [1.29, 1.82) is 0 Å². The Labute approximate surface area is 132 Å². The summed E-state index contributed by atoms with van der Waals surface area (Å²) >= 11 is 0. The van der Waals surface area contributed by atoms with Crippen molar-refractivity contribution in [3.05, 3.63) is 30.3 Å². The average molecular weight is 310 g/mol. The summed E-state index contributed by atoms with van der Waals surface area (Å²) in [4.78, 5) is 15.9. The molecule has 1 aliphatic carbocycles. The minimum absolute atomic E-state index is 0. The zero-order valence-electron chi connectivity index (χ0n) is 12.4. The first kappa shape index (κ1) is 16.1. The number of carbonyl (C=O) groups is 1. The topological polar surface area (TPSA) is 36.8 Å².